The van der Waals surface area contributed by atoms with E-state index in [4.69, 9.17) is 5.11 Å². The van der Waals surface area contributed by atoms with Gasteiger partial charge in [0.2, 0.25) is 10.0 Å². The summed E-state index contributed by atoms with van der Waals surface area (Å²) in [4.78, 5) is 17.3. The Labute approximate surface area is 114 Å². The van der Waals surface area contributed by atoms with Crippen molar-refractivity contribution >= 4 is 16.0 Å². The van der Waals surface area contributed by atoms with E-state index in [-0.39, 0.29) is 17.1 Å². The van der Waals surface area contributed by atoms with E-state index in [1.165, 1.54) is 13.3 Å². The van der Waals surface area contributed by atoms with E-state index in [9.17, 15) is 13.2 Å². The van der Waals surface area contributed by atoms with Gasteiger partial charge in [-0.3, -0.25) is 5.10 Å². The van der Waals surface area contributed by atoms with Crippen LogP contribution in [-0.2, 0) is 16.4 Å². The smallest absolute Gasteiger partial charge is 0.357 e. The van der Waals surface area contributed by atoms with Gasteiger partial charge >= 0.3 is 5.97 Å². The van der Waals surface area contributed by atoms with E-state index in [1.54, 1.807) is 6.20 Å². The van der Waals surface area contributed by atoms with Crippen molar-refractivity contribution in [2.45, 2.75) is 18.2 Å². The van der Waals surface area contributed by atoms with Crippen LogP contribution >= 0.6 is 0 Å². The van der Waals surface area contributed by atoms with Gasteiger partial charge in [-0.2, -0.15) is 5.10 Å². The number of aromatic amines is 2. The molecule has 10 heteroatoms. The standard InChI is InChI=1S/C10H13N5O4S/c1-6-9(8(10(16)17)15-14-6)20(18,19)13-3-2-7-4-11-5-12-7/h4-5,13H,2-3H2,1H3,(H,11,12)(H,14,15)(H,16,17). The highest BCUT2D eigenvalue weighted by Crippen LogP contribution is 2.17. The SMILES string of the molecule is Cc1[nH]nc(C(=O)O)c1S(=O)(=O)NCCc1cnc[nH]1. The summed E-state index contributed by atoms with van der Waals surface area (Å²) in [5, 5.41) is 14.8. The monoisotopic (exact) mass is 299 g/mol. The number of aromatic carboxylic acids is 1. The number of rotatable bonds is 6. The predicted molar refractivity (Wildman–Crippen MR) is 67.8 cm³/mol. The molecule has 4 N–H and O–H groups in total. The lowest BCUT2D eigenvalue weighted by molar-refractivity contribution is 0.0686. The Morgan fingerprint density at radius 2 is 2.25 bits per heavy atom. The van der Waals surface area contributed by atoms with Crippen LogP contribution in [0.4, 0.5) is 0 Å². The first-order valence-corrected chi connectivity index (χ1v) is 7.15. The highest BCUT2D eigenvalue weighted by atomic mass is 32.2. The third-order valence-electron chi connectivity index (χ3n) is 2.60. The molecule has 0 saturated carbocycles. The molecule has 0 spiro atoms. The molecule has 0 aliphatic carbocycles. The zero-order valence-corrected chi connectivity index (χ0v) is 11.4. The van der Waals surface area contributed by atoms with Crippen LogP contribution in [0, 0.1) is 6.92 Å². The molecule has 0 aliphatic rings. The maximum atomic E-state index is 12.1. The molecule has 0 bridgehead atoms. The molecule has 0 aliphatic heterocycles. The summed E-state index contributed by atoms with van der Waals surface area (Å²) in [7, 11) is -3.94. The van der Waals surface area contributed by atoms with Crippen molar-refractivity contribution < 1.29 is 18.3 Å². The summed E-state index contributed by atoms with van der Waals surface area (Å²) in [5.41, 5.74) is 0.433. The highest BCUT2D eigenvalue weighted by molar-refractivity contribution is 7.89. The van der Waals surface area contributed by atoms with Crippen LogP contribution in [0.3, 0.4) is 0 Å². The highest BCUT2D eigenvalue weighted by Gasteiger charge is 2.27. The first kappa shape index (κ1) is 14.2. The second-order valence-corrected chi connectivity index (χ2v) is 5.76. The number of nitrogens with zero attached hydrogens (tertiary/aromatic N) is 2. The fourth-order valence-electron chi connectivity index (χ4n) is 1.71. The van der Waals surface area contributed by atoms with E-state index >= 15 is 0 Å². The van der Waals surface area contributed by atoms with E-state index in [0.29, 0.717) is 6.42 Å². The zero-order valence-electron chi connectivity index (χ0n) is 10.5. The van der Waals surface area contributed by atoms with Gasteiger partial charge in [-0.05, 0) is 6.92 Å². The summed E-state index contributed by atoms with van der Waals surface area (Å²) in [6.07, 6.45) is 3.49. The number of hydrogen-bond acceptors (Lipinski definition) is 5. The molecule has 0 saturated heterocycles. The van der Waals surface area contributed by atoms with Gasteiger partial charge in [0.1, 0.15) is 4.90 Å². The molecule has 108 valence electrons. The number of nitrogens with one attached hydrogen (secondary N) is 3. The van der Waals surface area contributed by atoms with Gasteiger partial charge in [0.25, 0.3) is 0 Å². The number of carboxylic acid groups (broad SMARTS) is 1. The molecule has 0 radical (unpaired) electrons. The van der Waals surface area contributed by atoms with Gasteiger partial charge in [0.15, 0.2) is 5.69 Å². The maximum Gasteiger partial charge on any atom is 0.357 e. The number of carboxylic acids is 1. The second-order valence-electron chi connectivity index (χ2n) is 4.06. The van der Waals surface area contributed by atoms with Gasteiger partial charge < -0.3 is 10.1 Å². The quantitative estimate of drug-likeness (QED) is 0.575. The van der Waals surface area contributed by atoms with E-state index in [0.717, 1.165) is 5.69 Å². The normalized spacial score (nSPS) is 11.7. The Balaban J connectivity index is 2.14. The number of aromatic nitrogens is 4. The van der Waals surface area contributed by atoms with Crippen molar-refractivity contribution in [1.82, 2.24) is 24.9 Å². The zero-order chi connectivity index (χ0) is 14.8. The minimum atomic E-state index is -3.94. The van der Waals surface area contributed by atoms with Crippen molar-refractivity contribution in [2.75, 3.05) is 6.54 Å². The van der Waals surface area contributed by atoms with Crippen LogP contribution < -0.4 is 4.72 Å². The van der Waals surface area contributed by atoms with Gasteiger partial charge in [0.05, 0.1) is 12.0 Å². The van der Waals surface area contributed by atoms with Crippen molar-refractivity contribution in [2.24, 2.45) is 0 Å². The number of hydrogen-bond donors (Lipinski definition) is 4. The molecule has 9 nitrogen and oxygen atoms in total. The van der Waals surface area contributed by atoms with Crippen LogP contribution in [-0.4, -0.2) is 46.2 Å². The lowest BCUT2D eigenvalue weighted by Crippen LogP contribution is -2.27. The first-order valence-electron chi connectivity index (χ1n) is 5.67. The van der Waals surface area contributed by atoms with Gasteiger partial charge in [0, 0.05) is 24.9 Å². The lowest BCUT2D eigenvalue weighted by Gasteiger charge is -2.06. The first-order chi connectivity index (χ1) is 9.42. The van der Waals surface area contributed by atoms with Crippen LogP contribution in [0.2, 0.25) is 0 Å². The fourth-order valence-corrected chi connectivity index (χ4v) is 3.06. The average molecular weight is 299 g/mol. The molecular formula is C10H13N5O4S. The molecule has 2 heterocycles. The number of H-pyrrole nitrogens is 2. The van der Waals surface area contributed by atoms with Gasteiger partial charge in [-0.15, -0.1) is 0 Å². The van der Waals surface area contributed by atoms with Gasteiger partial charge in [-0.25, -0.2) is 22.9 Å². The Morgan fingerprint density at radius 1 is 1.50 bits per heavy atom. The largest absolute Gasteiger partial charge is 0.476 e. The third kappa shape index (κ3) is 2.86. The molecule has 0 atom stereocenters. The molecule has 2 aromatic heterocycles. The lowest BCUT2D eigenvalue weighted by atomic mass is 10.3. The topological polar surface area (TPSA) is 141 Å². The maximum absolute atomic E-state index is 12.1. The second kappa shape index (κ2) is 5.43. The summed E-state index contributed by atoms with van der Waals surface area (Å²) >= 11 is 0. The minimum absolute atomic E-state index is 0.119. The molecule has 0 amide bonds. The molecule has 0 aromatic carbocycles. The Bertz CT molecular complexity index is 704. The summed E-state index contributed by atoms with van der Waals surface area (Å²) < 4.78 is 26.6. The fraction of sp³-hybridized carbons (Fsp3) is 0.300. The predicted octanol–water partition coefficient (Wildman–Crippen LogP) is -0.340. The van der Waals surface area contributed by atoms with Crippen LogP contribution in [0.5, 0.6) is 0 Å². The summed E-state index contributed by atoms with van der Waals surface area (Å²) in [5.74, 6) is -1.40. The molecule has 2 aromatic rings. The van der Waals surface area contributed by atoms with Crippen molar-refractivity contribution in [3.63, 3.8) is 0 Å². The molecule has 0 fully saturated rings. The molecule has 2 rings (SSSR count). The Hall–Kier alpha value is -2.20. The van der Waals surface area contributed by atoms with Crippen LogP contribution in [0.25, 0.3) is 0 Å². The van der Waals surface area contributed by atoms with Crippen molar-refractivity contribution in [1.29, 1.82) is 0 Å². The summed E-state index contributed by atoms with van der Waals surface area (Å²) in [6.45, 7) is 1.57. The number of aryl methyl sites for hydroxylation is 1. The molecular weight excluding hydrogens is 286 g/mol. The van der Waals surface area contributed by atoms with E-state index < -0.39 is 21.7 Å². The Kier molecular flexibility index (Phi) is 3.86. The summed E-state index contributed by atoms with van der Waals surface area (Å²) in [6, 6.07) is 0. The van der Waals surface area contributed by atoms with Crippen LogP contribution in [0.1, 0.15) is 21.9 Å². The average Bonchev–Trinajstić information content (AvgIpc) is 2.98. The third-order valence-corrected chi connectivity index (χ3v) is 4.22. The van der Waals surface area contributed by atoms with E-state index in [2.05, 4.69) is 24.9 Å². The van der Waals surface area contributed by atoms with E-state index in [1.807, 2.05) is 0 Å². The number of carbonyl (C=O) groups is 1. The van der Waals surface area contributed by atoms with Crippen LogP contribution in [0.15, 0.2) is 17.4 Å². The van der Waals surface area contributed by atoms with Crippen molar-refractivity contribution in [3.8, 4) is 0 Å². The Morgan fingerprint density at radius 3 is 2.85 bits per heavy atom. The molecule has 0 unspecified atom stereocenters. The van der Waals surface area contributed by atoms with Crippen molar-refractivity contribution in [3.05, 3.63) is 29.6 Å². The number of sulfonamides is 1. The minimum Gasteiger partial charge on any atom is -0.476 e. The van der Waals surface area contributed by atoms with Gasteiger partial charge in [-0.1, -0.05) is 0 Å². The number of imidazole rings is 1. The molecule has 20 heavy (non-hydrogen) atoms.